The highest BCUT2D eigenvalue weighted by atomic mass is 16.5. The summed E-state index contributed by atoms with van der Waals surface area (Å²) >= 11 is 0. The minimum atomic E-state index is 0.651. The minimum Gasteiger partial charge on any atom is -0.378 e. The molecule has 1 aromatic carbocycles. The predicted molar refractivity (Wildman–Crippen MR) is 128 cm³/mol. The summed E-state index contributed by atoms with van der Waals surface area (Å²) in [5.74, 6) is 3.51. The normalized spacial score (nSPS) is 17.6. The average molecular weight is 446 g/mol. The fraction of sp³-hybridized carbons (Fsp3) is 0.458. The molecule has 4 aromatic rings. The third-order valence-corrected chi connectivity index (χ3v) is 6.64. The summed E-state index contributed by atoms with van der Waals surface area (Å²) in [5.41, 5.74) is 3.71. The number of para-hydroxylation sites is 2. The van der Waals surface area contributed by atoms with Gasteiger partial charge in [0.1, 0.15) is 11.6 Å². The van der Waals surface area contributed by atoms with E-state index in [2.05, 4.69) is 45.4 Å². The van der Waals surface area contributed by atoms with Gasteiger partial charge in [-0.05, 0) is 31.5 Å². The van der Waals surface area contributed by atoms with Gasteiger partial charge in [-0.25, -0.2) is 9.97 Å². The van der Waals surface area contributed by atoms with Crippen LogP contribution in [0, 0.1) is 6.42 Å². The van der Waals surface area contributed by atoms with Crippen molar-refractivity contribution in [2.75, 3.05) is 44.3 Å². The molecule has 0 N–H and O–H groups in total. The Morgan fingerprint density at radius 3 is 2.61 bits per heavy atom. The highest BCUT2D eigenvalue weighted by Gasteiger charge is 2.25. The molecule has 0 aliphatic carbocycles. The van der Waals surface area contributed by atoms with Crippen molar-refractivity contribution >= 4 is 28.0 Å². The van der Waals surface area contributed by atoms with Gasteiger partial charge in [0.2, 0.25) is 5.95 Å². The lowest BCUT2D eigenvalue weighted by Gasteiger charge is -2.28. The maximum Gasteiger partial charge on any atom is 0.239 e. The number of anilines is 1. The highest BCUT2D eigenvalue weighted by Crippen LogP contribution is 2.29. The molecule has 0 atom stereocenters. The van der Waals surface area contributed by atoms with Crippen molar-refractivity contribution in [2.24, 2.45) is 7.05 Å². The number of aromatic nitrogens is 6. The molecule has 0 bridgehead atoms. The van der Waals surface area contributed by atoms with Crippen molar-refractivity contribution in [1.82, 2.24) is 34.0 Å². The van der Waals surface area contributed by atoms with E-state index in [9.17, 15) is 0 Å². The van der Waals surface area contributed by atoms with Crippen molar-refractivity contribution in [2.45, 2.75) is 26.3 Å². The van der Waals surface area contributed by atoms with Gasteiger partial charge in [0.05, 0.1) is 30.8 Å². The van der Waals surface area contributed by atoms with Crippen LogP contribution in [0.1, 0.15) is 25.0 Å². The molecule has 2 aliphatic heterocycles. The Balaban J connectivity index is 1.55. The van der Waals surface area contributed by atoms with E-state index in [1.54, 1.807) is 0 Å². The molecule has 2 aliphatic rings. The van der Waals surface area contributed by atoms with Gasteiger partial charge in [-0.2, -0.15) is 9.97 Å². The summed E-state index contributed by atoms with van der Waals surface area (Å²) in [4.78, 5) is 24.7. The Kier molecular flexibility index (Phi) is 5.22. The first kappa shape index (κ1) is 20.6. The molecular formula is C24H29N8O. The Morgan fingerprint density at radius 2 is 1.82 bits per heavy atom. The van der Waals surface area contributed by atoms with Crippen LogP contribution in [0.15, 0.2) is 24.3 Å². The van der Waals surface area contributed by atoms with E-state index in [4.69, 9.17) is 24.7 Å². The first-order valence-electron chi connectivity index (χ1n) is 11.8. The van der Waals surface area contributed by atoms with Crippen molar-refractivity contribution in [3.05, 3.63) is 42.3 Å². The molecule has 0 amide bonds. The molecule has 9 heteroatoms. The number of rotatable bonds is 5. The summed E-state index contributed by atoms with van der Waals surface area (Å²) in [7, 11) is 2.07. The minimum absolute atomic E-state index is 0.651. The molecule has 9 nitrogen and oxygen atoms in total. The molecule has 2 saturated heterocycles. The molecule has 2 fully saturated rings. The molecule has 171 valence electrons. The maximum atomic E-state index is 5.61. The van der Waals surface area contributed by atoms with Crippen LogP contribution in [0.25, 0.3) is 28.1 Å². The maximum absolute atomic E-state index is 5.61. The zero-order chi connectivity index (χ0) is 22.4. The van der Waals surface area contributed by atoms with Crippen molar-refractivity contribution in [1.29, 1.82) is 0 Å². The van der Waals surface area contributed by atoms with Gasteiger partial charge in [0, 0.05) is 33.1 Å². The number of hydrogen-bond donors (Lipinski definition) is 0. The second-order valence-electron chi connectivity index (χ2n) is 8.72. The third-order valence-electron chi connectivity index (χ3n) is 6.64. The molecule has 1 radical (unpaired) electrons. The van der Waals surface area contributed by atoms with E-state index in [0.717, 1.165) is 85.2 Å². The largest absolute Gasteiger partial charge is 0.378 e. The van der Waals surface area contributed by atoms with Crippen molar-refractivity contribution in [3.8, 4) is 5.95 Å². The van der Waals surface area contributed by atoms with Crippen LogP contribution < -0.4 is 4.90 Å². The number of ether oxygens (including phenoxy) is 1. The molecule has 3 aromatic heterocycles. The Hall–Kier alpha value is -3.04. The van der Waals surface area contributed by atoms with Gasteiger partial charge in [-0.15, -0.1) is 0 Å². The summed E-state index contributed by atoms with van der Waals surface area (Å²) in [6.07, 6.45) is 4.27. The number of fused-ring (bicyclic) bond motifs is 2. The molecule has 0 unspecified atom stereocenters. The van der Waals surface area contributed by atoms with E-state index < -0.39 is 0 Å². The average Bonchev–Trinajstić information content (AvgIpc) is 3.57. The lowest BCUT2D eigenvalue weighted by molar-refractivity contribution is 0.122. The summed E-state index contributed by atoms with van der Waals surface area (Å²) in [6.45, 7) is 8.00. The number of nitrogens with zero attached hydrogens (tertiary/aromatic N) is 8. The highest BCUT2D eigenvalue weighted by molar-refractivity contribution is 5.86. The first-order chi connectivity index (χ1) is 16.2. The quantitative estimate of drug-likeness (QED) is 0.467. The summed E-state index contributed by atoms with van der Waals surface area (Å²) in [6, 6.07) is 8.19. The first-order valence-corrected chi connectivity index (χ1v) is 11.8. The lowest BCUT2D eigenvalue weighted by atomic mass is 10.3. The number of morpholine rings is 1. The zero-order valence-corrected chi connectivity index (χ0v) is 19.2. The van der Waals surface area contributed by atoms with E-state index in [1.165, 1.54) is 0 Å². The topological polar surface area (TPSA) is 77.1 Å². The van der Waals surface area contributed by atoms with Crippen LogP contribution in [0.5, 0.6) is 0 Å². The standard InChI is InChI=1S/C24H29N8O/c1-3-19-25-17-8-4-5-9-18(17)32(19)24-27-22-21(23(28-24)31-12-14-33-15-13-31)26-20(29(22)2)16-30-10-6-7-11-30/h4-6,8-9H,3,7,10-16H2,1-2H3. The van der Waals surface area contributed by atoms with Crippen molar-refractivity contribution < 1.29 is 4.74 Å². The second kappa shape index (κ2) is 8.39. The van der Waals surface area contributed by atoms with Crippen LogP contribution in [0.3, 0.4) is 0 Å². The Morgan fingerprint density at radius 1 is 0.970 bits per heavy atom. The number of aryl methyl sites for hydroxylation is 2. The fourth-order valence-electron chi connectivity index (χ4n) is 4.84. The lowest BCUT2D eigenvalue weighted by Crippen LogP contribution is -2.37. The second-order valence-corrected chi connectivity index (χ2v) is 8.72. The van der Waals surface area contributed by atoms with Gasteiger partial charge in [-0.3, -0.25) is 9.47 Å². The van der Waals surface area contributed by atoms with E-state index in [-0.39, 0.29) is 0 Å². The van der Waals surface area contributed by atoms with Crippen LogP contribution in [0.2, 0.25) is 0 Å². The molecule has 33 heavy (non-hydrogen) atoms. The van der Waals surface area contributed by atoms with Crippen LogP contribution in [-0.4, -0.2) is 73.4 Å². The van der Waals surface area contributed by atoms with Gasteiger partial charge in [0.25, 0.3) is 0 Å². The zero-order valence-electron chi connectivity index (χ0n) is 19.2. The summed E-state index contributed by atoms with van der Waals surface area (Å²) < 4.78 is 9.84. The molecular weight excluding hydrogens is 416 g/mol. The third kappa shape index (κ3) is 3.55. The molecule has 5 heterocycles. The van der Waals surface area contributed by atoms with E-state index in [0.29, 0.717) is 19.2 Å². The SMILES string of the molecule is CCc1nc2ccccc2n1-c1nc(N2CCOCC2)c2nc(CN3C[CH]CC3)n(C)c2n1. The van der Waals surface area contributed by atoms with Crippen molar-refractivity contribution in [3.63, 3.8) is 0 Å². The fourth-order valence-corrected chi connectivity index (χ4v) is 4.84. The van der Waals surface area contributed by atoms with Gasteiger partial charge in [0.15, 0.2) is 17.0 Å². The van der Waals surface area contributed by atoms with Gasteiger partial charge < -0.3 is 14.2 Å². The Bertz CT molecular complexity index is 1300. The number of hydrogen-bond acceptors (Lipinski definition) is 7. The smallest absolute Gasteiger partial charge is 0.239 e. The van der Waals surface area contributed by atoms with Crippen LogP contribution >= 0.6 is 0 Å². The molecule has 0 saturated carbocycles. The predicted octanol–water partition coefficient (Wildman–Crippen LogP) is 2.51. The van der Waals surface area contributed by atoms with Gasteiger partial charge >= 0.3 is 0 Å². The van der Waals surface area contributed by atoms with Crippen LogP contribution in [0.4, 0.5) is 5.82 Å². The van der Waals surface area contributed by atoms with Gasteiger partial charge in [-0.1, -0.05) is 19.1 Å². The molecule has 0 spiro atoms. The monoisotopic (exact) mass is 445 g/mol. The molecule has 6 rings (SSSR count). The Labute approximate surface area is 193 Å². The van der Waals surface area contributed by atoms with E-state index >= 15 is 0 Å². The van der Waals surface area contributed by atoms with Crippen LogP contribution in [-0.2, 0) is 24.8 Å². The van der Waals surface area contributed by atoms with E-state index in [1.807, 2.05) is 18.2 Å². The number of likely N-dealkylation sites (tertiary alicyclic amines) is 1. The number of benzene rings is 1. The number of imidazole rings is 2. The summed E-state index contributed by atoms with van der Waals surface area (Å²) in [5, 5.41) is 0.